The van der Waals surface area contributed by atoms with Crippen LogP contribution in [0.2, 0.25) is 0 Å². The number of aromatic nitrogens is 4. The van der Waals surface area contributed by atoms with E-state index in [1.807, 2.05) is 24.0 Å². The van der Waals surface area contributed by atoms with Crippen LogP contribution in [0.25, 0.3) is 0 Å². The Morgan fingerprint density at radius 3 is 3.14 bits per heavy atom. The molecule has 0 spiro atoms. The average Bonchev–Trinajstić information content (AvgIpc) is 3.06. The minimum Gasteiger partial charge on any atom is -0.348 e. The lowest BCUT2D eigenvalue weighted by molar-refractivity contribution is 0.354. The Labute approximate surface area is 122 Å². The Morgan fingerprint density at radius 1 is 1.52 bits per heavy atom. The van der Waals surface area contributed by atoms with Crippen LogP contribution in [-0.4, -0.2) is 45.7 Å². The van der Waals surface area contributed by atoms with Gasteiger partial charge in [-0.05, 0) is 24.6 Å². The molecule has 0 aromatic carbocycles. The molecule has 0 unspecified atom stereocenters. The van der Waals surface area contributed by atoms with Crippen LogP contribution >= 0.6 is 0 Å². The highest BCUT2D eigenvalue weighted by Crippen LogP contribution is 2.24. The second kappa shape index (κ2) is 6.17. The molecule has 0 bridgehead atoms. The average molecular weight is 290 g/mol. The molecule has 1 saturated heterocycles. The highest BCUT2D eigenvalue weighted by atomic mass is 19.1. The zero-order chi connectivity index (χ0) is 14.7. The second-order valence-electron chi connectivity index (χ2n) is 5.38. The summed E-state index contributed by atoms with van der Waals surface area (Å²) in [6.07, 6.45) is 3.13. The molecule has 3 heterocycles. The van der Waals surface area contributed by atoms with Gasteiger partial charge in [-0.2, -0.15) is 10.2 Å². The van der Waals surface area contributed by atoms with Crippen molar-refractivity contribution in [2.75, 3.05) is 18.0 Å². The van der Waals surface area contributed by atoms with Crippen molar-refractivity contribution in [3.05, 3.63) is 35.8 Å². The summed E-state index contributed by atoms with van der Waals surface area (Å²) in [6.45, 7) is 3.80. The third kappa shape index (κ3) is 3.18. The number of hydrogen-bond acceptors (Lipinski definition) is 5. The number of nitrogens with one attached hydrogen (secondary N) is 2. The van der Waals surface area contributed by atoms with E-state index in [0.29, 0.717) is 26.1 Å². The molecule has 6 nitrogen and oxygen atoms in total. The van der Waals surface area contributed by atoms with E-state index in [2.05, 4.69) is 25.7 Å². The molecule has 1 fully saturated rings. The molecular weight excluding hydrogens is 271 g/mol. The minimum absolute atomic E-state index is 0.0972. The Kier molecular flexibility index (Phi) is 4.10. The number of nitrogens with zero attached hydrogens (tertiary/aromatic N) is 4. The fourth-order valence-electron chi connectivity index (χ4n) is 2.70. The van der Waals surface area contributed by atoms with Gasteiger partial charge in [-0.15, -0.1) is 5.10 Å². The monoisotopic (exact) mass is 290 g/mol. The maximum Gasteiger partial charge on any atom is 0.151 e. The van der Waals surface area contributed by atoms with Crippen LogP contribution in [0, 0.1) is 6.92 Å². The summed E-state index contributed by atoms with van der Waals surface area (Å²) in [5.41, 5.74) is 2.19. The lowest BCUT2D eigenvalue weighted by Gasteiger charge is -2.24. The van der Waals surface area contributed by atoms with Gasteiger partial charge >= 0.3 is 0 Å². The van der Waals surface area contributed by atoms with Crippen LogP contribution in [0.5, 0.6) is 0 Å². The third-order valence-corrected chi connectivity index (χ3v) is 3.83. The summed E-state index contributed by atoms with van der Waals surface area (Å²) < 4.78 is 13.7. The molecule has 0 saturated carbocycles. The Hall–Kier alpha value is -2.02. The summed E-state index contributed by atoms with van der Waals surface area (Å²) in [5, 5.41) is 18.3. The SMILES string of the molecule is Cc1cn[nH]c1CNC[C@@H]1C[C@H](F)CN1c1cccnn1. The summed E-state index contributed by atoms with van der Waals surface area (Å²) >= 11 is 0. The number of aryl methyl sites for hydroxylation is 1. The molecule has 2 aromatic rings. The second-order valence-corrected chi connectivity index (χ2v) is 5.38. The van der Waals surface area contributed by atoms with E-state index in [1.54, 1.807) is 12.4 Å². The first kappa shape index (κ1) is 13.9. The predicted octanol–water partition coefficient (Wildman–Crippen LogP) is 1.21. The molecule has 0 radical (unpaired) electrons. The summed E-state index contributed by atoms with van der Waals surface area (Å²) in [5.74, 6) is 0.738. The van der Waals surface area contributed by atoms with Crippen molar-refractivity contribution in [3.63, 3.8) is 0 Å². The normalized spacial score (nSPS) is 21.9. The number of aromatic amines is 1. The molecule has 2 atom stereocenters. The van der Waals surface area contributed by atoms with Crippen molar-refractivity contribution in [1.82, 2.24) is 25.7 Å². The number of rotatable bonds is 5. The lowest BCUT2D eigenvalue weighted by Crippen LogP contribution is -2.38. The van der Waals surface area contributed by atoms with Gasteiger partial charge < -0.3 is 10.2 Å². The molecule has 21 heavy (non-hydrogen) atoms. The van der Waals surface area contributed by atoms with Gasteiger partial charge in [0.15, 0.2) is 5.82 Å². The van der Waals surface area contributed by atoms with Gasteiger partial charge in [0.2, 0.25) is 0 Å². The molecular formula is C14H19FN6. The Balaban J connectivity index is 1.59. The Bertz CT molecular complexity index is 572. The zero-order valence-corrected chi connectivity index (χ0v) is 12.0. The van der Waals surface area contributed by atoms with Gasteiger partial charge in [0, 0.05) is 31.7 Å². The van der Waals surface area contributed by atoms with Crippen LogP contribution in [-0.2, 0) is 6.54 Å². The lowest BCUT2D eigenvalue weighted by atomic mass is 10.2. The van der Waals surface area contributed by atoms with Crippen molar-refractivity contribution >= 4 is 5.82 Å². The van der Waals surface area contributed by atoms with E-state index in [4.69, 9.17) is 0 Å². The first-order valence-corrected chi connectivity index (χ1v) is 7.12. The van der Waals surface area contributed by atoms with E-state index in [9.17, 15) is 4.39 Å². The van der Waals surface area contributed by atoms with Gasteiger partial charge in [0.1, 0.15) is 6.17 Å². The molecule has 2 N–H and O–H groups in total. The van der Waals surface area contributed by atoms with Crippen molar-refractivity contribution in [3.8, 4) is 0 Å². The van der Waals surface area contributed by atoms with Crippen LogP contribution in [0.3, 0.4) is 0 Å². The smallest absolute Gasteiger partial charge is 0.151 e. The minimum atomic E-state index is -0.812. The van der Waals surface area contributed by atoms with Crippen molar-refractivity contribution < 1.29 is 4.39 Å². The van der Waals surface area contributed by atoms with Crippen molar-refractivity contribution in [2.45, 2.75) is 32.1 Å². The first-order chi connectivity index (χ1) is 10.2. The fourth-order valence-corrected chi connectivity index (χ4v) is 2.70. The predicted molar refractivity (Wildman–Crippen MR) is 77.7 cm³/mol. The number of H-pyrrole nitrogens is 1. The van der Waals surface area contributed by atoms with Gasteiger partial charge in [-0.3, -0.25) is 5.10 Å². The van der Waals surface area contributed by atoms with Crippen molar-refractivity contribution in [1.29, 1.82) is 0 Å². The van der Waals surface area contributed by atoms with E-state index >= 15 is 0 Å². The maximum absolute atomic E-state index is 13.7. The highest BCUT2D eigenvalue weighted by Gasteiger charge is 2.32. The van der Waals surface area contributed by atoms with E-state index in [-0.39, 0.29) is 6.04 Å². The fraction of sp³-hybridized carbons (Fsp3) is 0.500. The van der Waals surface area contributed by atoms with Gasteiger partial charge in [-0.1, -0.05) is 0 Å². The van der Waals surface area contributed by atoms with Crippen LogP contribution in [0.15, 0.2) is 24.5 Å². The molecule has 2 aromatic heterocycles. The summed E-state index contributed by atoms with van der Waals surface area (Å²) in [7, 11) is 0. The molecule has 7 heteroatoms. The summed E-state index contributed by atoms with van der Waals surface area (Å²) in [6, 6.07) is 3.79. The molecule has 1 aliphatic rings. The maximum atomic E-state index is 13.7. The number of anilines is 1. The third-order valence-electron chi connectivity index (χ3n) is 3.83. The molecule has 3 rings (SSSR count). The highest BCUT2D eigenvalue weighted by molar-refractivity contribution is 5.40. The largest absolute Gasteiger partial charge is 0.348 e. The molecule has 1 aliphatic heterocycles. The standard InChI is InChI=1S/C14H19FN6/c1-10-6-18-19-13(10)8-16-7-12-5-11(15)9-21(12)14-3-2-4-17-20-14/h2-4,6,11-12,16H,5,7-9H2,1H3,(H,18,19)/t11-,12-/m0/s1. The molecule has 0 aliphatic carbocycles. The Morgan fingerprint density at radius 2 is 2.43 bits per heavy atom. The number of alkyl halides is 1. The van der Waals surface area contributed by atoms with Crippen LogP contribution in [0.4, 0.5) is 10.2 Å². The van der Waals surface area contributed by atoms with E-state index in [0.717, 1.165) is 17.1 Å². The first-order valence-electron chi connectivity index (χ1n) is 7.12. The van der Waals surface area contributed by atoms with Crippen molar-refractivity contribution in [2.24, 2.45) is 0 Å². The van der Waals surface area contributed by atoms with Gasteiger partial charge in [0.25, 0.3) is 0 Å². The zero-order valence-electron chi connectivity index (χ0n) is 12.0. The van der Waals surface area contributed by atoms with E-state index in [1.165, 1.54) is 0 Å². The van der Waals surface area contributed by atoms with Crippen LogP contribution < -0.4 is 10.2 Å². The number of hydrogen-bond donors (Lipinski definition) is 2. The quantitative estimate of drug-likeness (QED) is 0.866. The number of halogens is 1. The summed E-state index contributed by atoms with van der Waals surface area (Å²) in [4.78, 5) is 1.99. The van der Waals surface area contributed by atoms with Gasteiger partial charge in [0.05, 0.1) is 18.4 Å². The molecule has 0 amide bonds. The molecule has 112 valence electrons. The van der Waals surface area contributed by atoms with Crippen LogP contribution in [0.1, 0.15) is 17.7 Å². The van der Waals surface area contributed by atoms with Gasteiger partial charge in [-0.25, -0.2) is 4.39 Å². The van der Waals surface area contributed by atoms with E-state index < -0.39 is 6.17 Å². The topological polar surface area (TPSA) is 69.7 Å².